The van der Waals surface area contributed by atoms with Gasteiger partial charge in [0.2, 0.25) is 5.91 Å². The number of thiazole rings is 1. The topological polar surface area (TPSA) is 59.2 Å². The Labute approximate surface area is 112 Å². The van der Waals surface area contributed by atoms with Crippen molar-refractivity contribution in [3.05, 3.63) is 11.1 Å². The highest BCUT2D eigenvalue weighted by atomic mass is 32.1. The quantitative estimate of drug-likeness (QED) is 0.914. The van der Waals surface area contributed by atoms with E-state index in [1.54, 1.807) is 0 Å². The third-order valence-corrected chi connectivity index (χ3v) is 4.47. The number of amides is 1. The summed E-state index contributed by atoms with van der Waals surface area (Å²) in [4.78, 5) is 18.2. The molecule has 0 bridgehead atoms. The zero-order valence-corrected chi connectivity index (χ0v) is 11.9. The van der Waals surface area contributed by atoms with Gasteiger partial charge in [-0.15, -0.1) is 11.3 Å². The van der Waals surface area contributed by atoms with Gasteiger partial charge in [0.05, 0.1) is 12.1 Å². The Balaban J connectivity index is 1.91. The van der Waals surface area contributed by atoms with Crippen molar-refractivity contribution in [2.24, 2.45) is 5.92 Å². The summed E-state index contributed by atoms with van der Waals surface area (Å²) in [7, 11) is 1.92. The first-order valence-corrected chi connectivity index (χ1v) is 7.39. The molecular formula is C13H21N3OS. The van der Waals surface area contributed by atoms with Crippen LogP contribution in [0.4, 0.5) is 5.13 Å². The minimum absolute atomic E-state index is 0.152. The van der Waals surface area contributed by atoms with Gasteiger partial charge in [0.1, 0.15) is 0 Å². The van der Waals surface area contributed by atoms with Crippen molar-refractivity contribution in [1.82, 2.24) is 9.88 Å². The molecular weight excluding hydrogens is 246 g/mol. The molecule has 0 saturated heterocycles. The van der Waals surface area contributed by atoms with Crippen LogP contribution in [0.3, 0.4) is 0 Å². The van der Waals surface area contributed by atoms with Crippen molar-refractivity contribution in [2.75, 3.05) is 12.8 Å². The number of rotatable bonds is 3. The lowest BCUT2D eigenvalue weighted by Gasteiger charge is -2.34. The van der Waals surface area contributed by atoms with Crippen LogP contribution in [-0.2, 0) is 11.2 Å². The fourth-order valence-electron chi connectivity index (χ4n) is 2.64. The Hall–Kier alpha value is -1.10. The van der Waals surface area contributed by atoms with Gasteiger partial charge in [0.15, 0.2) is 5.13 Å². The average molecular weight is 267 g/mol. The summed E-state index contributed by atoms with van der Waals surface area (Å²) in [6.07, 6.45) is 5.15. The second kappa shape index (κ2) is 5.69. The predicted molar refractivity (Wildman–Crippen MR) is 74.4 cm³/mol. The molecule has 2 atom stereocenters. The Bertz CT molecular complexity index is 418. The van der Waals surface area contributed by atoms with E-state index in [1.165, 1.54) is 24.2 Å². The zero-order chi connectivity index (χ0) is 13.1. The number of nitrogens with zero attached hydrogens (tertiary/aromatic N) is 2. The molecule has 18 heavy (non-hydrogen) atoms. The maximum Gasteiger partial charge on any atom is 0.228 e. The molecule has 1 aromatic rings. The van der Waals surface area contributed by atoms with E-state index in [-0.39, 0.29) is 5.91 Å². The number of carbonyl (C=O) groups is 1. The van der Waals surface area contributed by atoms with Gasteiger partial charge in [-0.2, -0.15) is 0 Å². The highest BCUT2D eigenvalue weighted by molar-refractivity contribution is 7.13. The Morgan fingerprint density at radius 3 is 3.00 bits per heavy atom. The van der Waals surface area contributed by atoms with Crippen molar-refractivity contribution >= 4 is 22.4 Å². The number of aromatic nitrogens is 1. The van der Waals surface area contributed by atoms with Gasteiger partial charge in [-0.05, 0) is 18.8 Å². The van der Waals surface area contributed by atoms with Gasteiger partial charge in [-0.25, -0.2) is 4.98 Å². The van der Waals surface area contributed by atoms with E-state index >= 15 is 0 Å². The highest BCUT2D eigenvalue weighted by Crippen LogP contribution is 2.27. The van der Waals surface area contributed by atoms with E-state index < -0.39 is 0 Å². The van der Waals surface area contributed by atoms with Gasteiger partial charge in [-0.3, -0.25) is 4.79 Å². The van der Waals surface area contributed by atoms with Gasteiger partial charge in [0, 0.05) is 18.5 Å². The van der Waals surface area contributed by atoms with Crippen LogP contribution in [0.1, 0.15) is 38.3 Å². The number of anilines is 1. The van der Waals surface area contributed by atoms with Crippen LogP contribution >= 0.6 is 11.3 Å². The SMILES string of the molecule is CC1CCCC(N(C)C(=O)Cc2csc(N)n2)C1. The monoisotopic (exact) mass is 267 g/mol. The molecule has 1 heterocycles. The number of hydrogen-bond acceptors (Lipinski definition) is 4. The minimum atomic E-state index is 0.152. The molecule has 100 valence electrons. The molecule has 2 N–H and O–H groups in total. The van der Waals surface area contributed by atoms with Crippen molar-refractivity contribution < 1.29 is 4.79 Å². The highest BCUT2D eigenvalue weighted by Gasteiger charge is 2.25. The molecule has 1 amide bonds. The number of hydrogen-bond donors (Lipinski definition) is 1. The summed E-state index contributed by atoms with van der Waals surface area (Å²) in [6.45, 7) is 2.27. The fourth-order valence-corrected chi connectivity index (χ4v) is 3.20. The molecule has 2 rings (SSSR count). The van der Waals surface area contributed by atoms with E-state index in [4.69, 9.17) is 5.73 Å². The van der Waals surface area contributed by atoms with Crippen molar-refractivity contribution in [3.63, 3.8) is 0 Å². The van der Waals surface area contributed by atoms with Crippen molar-refractivity contribution in [3.8, 4) is 0 Å². The van der Waals surface area contributed by atoms with Gasteiger partial charge in [0.25, 0.3) is 0 Å². The number of nitrogen functional groups attached to an aromatic ring is 1. The van der Waals surface area contributed by atoms with E-state index in [9.17, 15) is 4.79 Å². The summed E-state index contributed by atoms with van der Waals surface area (Å²) in [6, 6.07) is 0.400. The Morgan fingerprint density at radius 2 is 2.39 bits per heavy atom. The lowest BCUT2D eigenvalue weighted by Crippen LogP contribution is -2.40. The fraction of sp³-hybridized carbons (Fsp3) is 0.692. The first kappa shape index (κ1) is 13.3. The zero-order valence-electron chi connectivity index (χ0n) is 11.1. The summed E-state index contributed by atoms with van der Waals surface area (Å²) < 4.78 is 0. The number of nitrogens with two attached hydrogens (primary N) is 1. The molecule has 1 aliphatic rings. The van der Waals surface area contributed by atoms with E-state index in [1.807, 2.05) is 17.3 Å². The van der Waals surface area contributed by atoms with E-state index in [0.29, 0.717) is 17.6 Å². The van der Waals surface area contributed by atoms with Gasteiger partial charge >= 0.3 is 0 Å². The molecule has 0 spiro atoms. The summed E-state index contributed by atoms with van der Waals surface area (Å²) in [5, 5.41) is 2.40. The van der Waals surface area contributed by atoms with Crippen LogP contribution in [0.5, 0.6) is 0 Å². The van der Waals surface area contributed by atoms with Crippen LogP contribution in [0.2, 0.25) is 0 Å². The maximum atomic E-state index is 12.2. The Kier molecular flexibility index (Phi) is 4.22. The standard InChI is InChI=1S/C13H21N3OS/c1-9-4-3-5-11(6-9)16(2)12(17)7-10-8-18-13(14)15-10/h8-9,11H,3-7H2,1-2H3,(H2,14,15). The van der Waals surface area contributed by atoms with Crippen LogP contribution < -0.4 is 5.73 Å². The maximum absolute atomic E-state index is 12.2. The largest absolute Gasteiger partial charge is 0.375 e. The Morgan fingerprint density at radius 1 is 1.61 bits per heavy atom. The van der Waals surface area contributed by atoms with Crippen LogP contribution in [0.15, 0.2) is 5.38 Å². The number of carbonyl (C=O) groups excluding carboxylic acids is 1. The minimum Gasteiger partial charge on any atom is -0.375 e. The second-order valence-corrected chi connectivity index (χ2v) is 6.17. The first-order chi connectivity index (χ1) is 8.56. The molecule has 0 radical (unpaired) electrons. The van der Waals surface area contributed by atoms with Crippen LogP contribution in [0.25, 0.3) is 0 Å². The molecule has 4 nitrogen and oxygen atoms in total. The van der Waals surface area contributed by atoms with Crippen LogP contribution in [-0.4, -0.2) is 28.9 Å². The third-order valence-electron chi connectivity index (χ3n) is 3.75. The van der Waals surface area contributed by atoms with E-state index in [2.05, 4.69) is 11.9 Å². The molecule has 1 aliphatic carbocycles. The van der Waals surface area contributed by atoms with Crippen LogP contribution in [0, 0.1) is 5.92 Å². The number of likely N-dealkylation sites (N-methyl/N-ethyl adjacent to an activating group) is 1. The van der Waals surface area contributed by atoms with Crippen molar-refractivity contribution in [2.45, 2.75) is 45.1 Å². The summed E-state index contributed by atoms with van der Waals surface area (Å²) in [5.41, 5.74) is 6.36. The molecule has 1 aromatic heterocycles. The molecule has 1 saturated carbocycles. The molecule has 0 aliphatic heterocycles. The predicted octanol–water partition coefficient (Wildman–Crippen LogP) is 2.30. The molecule has 2 unspecified atom stereocenters. The average Bonchev–Trinajstić information content (AvgIpc) is 2.73. The first-order valence-electron chi connectivity index (χ1n) is 6.51. The summed E-state index contributed by atoms with van der Waals surface area (Å²) >= 11 is 1.39. The second-order valence-electron chi connectivity index (χ2n) is 5.28. The summed E-state index contributed by atoms with van der Waals surface area (Å²) in [5.74, 6) is 0.883. The lowest BCUT2D eigenvalue weighted by atomic mass is 9.86. The smallest absolute Gasteiger partial charge is 0.228 e. The van der Waals surface area contributed by atoms with E-state index in [0.717, 1.165) is 24.5 Å². The molecule has 0 aromatic carbocycles. The van der Waals surface area contributed by atoms with Gasteiger partial charge in [-0.1, -0.05) is 19.8 Å². The third kappa shape index (κ3) is 3.22. The van der Waals surface area contributed by atoms with Gasteiger partial charge < -0.3 is 10.6 Å². The normalized spacial score (nSPS) is 23.9. The molecule has 5 heteroatoms. The van der Waals surface area contributed by atoms with Crippen molar-refractivity contribution in [1.29, 1.82) is 0 Å². The molecule has 1 fully saturated rings. The lowest BCUT2D eigenvalue weighted by molar-refractivity contribution is -0.132.